The Morgan fingerprint density at radius 3 is 3.00 bits per heavy atom. The zero-order valence-corrected chi connectivity index (χ0v) is 12.5. The van der Waals surface area contributed by atoms with Crippen molar-refractivity contribution in [3.05, 3.63) is 22.4 Å². The molecule has 1 saturated heterocycles. The molecular weight excluding hydrogens is 258 g/mol. The number of carbonyl (C=O) groups excluding carboxylic acids is 1. The zero-order chi connectivity index (χ0) is 13.8. The van der Waals surface area contributed by atoms with Gasteiger partial charge in [-0.3, -0.25) is 4.79 Å². The normalized spacial score (nSPS) is 21.8. The van der Waals surface area contributed by atoms with Crippen molar-refractivity contribution in [1.82, 2.24) is 10.2 Å². The van der Waals surface area contributed by atoms with Crippen LogP contribution in [0.2, 0.25) is 0 Å². The van der Waals surface area contributed by atoms with Gasteiger partial charge in [-0.05, 0) is 44.2 Å². The standard InChI is InChI=1S/C14H23N3OS/c1-10(2)17-6-5-11(9-17)8-16-14(18)13(15)12-4-3-7-19-12/h3-4,7,10-11,13H,5-6,8-9,15H2,1-2H3,(H,16,18). The van der Waals surface area contributed by atoms with Gasteiger partial charge in [-0.2, -0.15) is 0 Å². The number of rotatable bonds is 5. The summed E-state index contributed by atoms with van der Waals surface area (Å²) in [5.74, 6) is 0.493. The Bertz CT molecular complexity index is 405. The van der Waals surface area contributed by atoms with Crippen molar-refractivity contribution >= 4 is 17.2 Å². The molecule has 19 heavy (non-hydrogen) atoms. The summed E-state index contributed by atoms with van der Waals surface area (Å²) in [4.78, 5) is 15.3. The van der Waals surface area contributed by atoms with Gasteiger partial charge in [0.25, 0.3) is 0 Å². The van der Waals surface area contributed by atoms with E-state index in [2.05, 4.69) is 24.1 Å². The van der Waals surface area contributed by atoms with Gasteiger partial charge in [0.05, 0.1) is 0 Å². The minimum Gasteiger partial charge on any atom is -0.354 e. The Kier molecular flexibility index (Phi) is 4.96. The van der Waals surface area contributed by atoms with Crippen LogP contribution in [0, 0.1) is 5.92 Å². The van der Waals surface area contributed by atoms with Gasteiger partial charge in [0.1, 0.15) is 6.04 Å². The van der Waals surface area contributed by atoms with Gasteiger partial charge in [0, 0.05) is 24.0 Å². The number of nitrogens with two attached hydrogens (primary N) is 1. The van der Waals surface area contributed by atoms with Crippen LogP contribution in [0.3, 0.4) is 0 Å². The third-order valence-electron chi connectivity index (χ3n) is 3.74. The SMILES string of the molecule is CC(C)N1CCC(CNC(=O)C(N)c2cccs2)C1. The second kappa shape index (κ2) is 6.50. The van der Waals surface area contributed by atoms with Crippen LogP contribution in [0.4, 0.5) is 0 Å². The Morgan fingerprint density at radius 1 is 1.63 bits per heavy atom. The van der Waals surface area contributed by atoms with Gasteiger partial charge in [-0.15, -0.1) is 11.3 Å². The monoisotopic (exact) mass is 281 g/mol. The lowest BCUT2D eigenvalue weighted by Crippen LogP contribution is -2.37. The lowest BCUT2D eigenvalue weighted by Gasteiger charge is -2.20. The molecule has 0 radical (unpaired) electrons. The molecule has 5 heteroatoms. The zero-order valence-electron chi connectivity index (χ0n) is 11.6. The first-order chi connectivity index (χ1) is 9.08. The lowest BCUT2D eigenvalue weighted by molar-refractivity contribution is -0.122. The van der Waals surface area contributed by atoms with Gasteiger partial charge in [0.2, 0.25) is 5.91 Å². The molecule has 2 atom stereocenters. The number of hydrogen-bond donors (Lipinski definition) is 2. The summed E-state index contributed by atoms with van der Waals surface area (Å²) in [6, 6.07) is 3.90. The molecule has 1 amide bonds. The second-order valence-corrected chi connectivity index (χ2v) is 6.46. The van der Waals surface area contributed by atoms with Crippen LogP contribution < -0.4 is 11.1 Å². The van der Waals surface area contributed by atoms with E-state index in [1.165, 1.54) is 11.3 Å². The summed E-state index contributed by atoms with van der Waals surface area (Å²) in [7, 11) is 0. The fourth-order valence-corrected chi connectivity index (χ4v) is 3.18. The van der Waals surface area contributed by atoms with Crippen LogP contribution in [-0.4, -0.2) is 36.5 Å². The van der Waals surface area contributed by atoms with Crippen molar-refractivity contribution in [2.75, 3.05) is 19.6 Å². The number of likely N-dealkylation sites (tertiary alicyclic amines) is 1. The van der Waals surface area contributed by atoms with Crippen LogP contribution in [0.25, 0.3) is 0 Å². The van der Waals surface area contributed by atoms with Gasteiger partial charge in [-0.1, -0.05) is 6.07 Å². The Morgan fingerprint density at radius 2 is 2.42 bits per heavy atom. The molecule has 2 heterocycles. The van der Waals surface area contributed by atoms with E-state index in [0.717, 1.165) is 30.9 Å². The maximum absolute atomic E-state index is 12.0. The van der Waals surface area contributed by atoms with Crippen LogP contribution in [-0.2, 0) is 4.79 Å². The van der Waals surface area contributed by atoms with Crippen LogP contribution in [0.15, 0.2) is 17.5 Å². The van der Waals surface area contributed by atoms with E-state index in [9.17, 15) is 4.79 Å². The quantitative estimate of drug-likeness (QED) is 0.862. The van der Waals surface area contributed by atoms with Crippen LogP contribution in [0.1, 0.15) is 31.2 Å². The summed E-state index contributed by atoms with van der Waals surface area (Å²) in [6.07, 6.45) is 1.16. The number of nitrogens with zero attached hydrogens (tertiary/aromatic N) is 1. The average molecular weight is 281 g/mol. The van der Waals surface area contributed by atoms with Gasteiger partial charge >= 0.3 is 0 Å². The van der Waals surface area contributed by atoms with E-state index >= 15 is 0 Å². The minimum absolute atomic E-state index is 0.0644. The number of amides is 1. The van der Waals surface area contributed by atoms with Crippen LogP contribution in [0.5, 0.6) is 0 Å². The lowest BCUT2D eigenvalue weighted by atomic mass is 10.1. The molecule has 0 saturated carbocycles. The fourth-order valence-electron chi connectivity index (χ4n) is 2.45. The van der Waals surface area contributed by atoms with Crippen molar-refractivity contribution in [2.45, 2.75) is 32.4 Å². The minimum atomic E-state index is -0.525. The van der Waals surface area contributed by atoms with E-state index in [1.54, 1.807) is 0 Å². The van der Waals surface area contributed by atoms with Crippen LogP contribution >= 0.6 is 11.3 Å². The predicted molar refractivity (Wildman–Crippen MR) is 79.1 cm³/mol. The molecule has 0 aliphatic carbocycles. The summed E-state index contributed by atoms with van der Waals surface area (Å²) in [6.45, 7) is 7.38. The second-order valence-electron chi connectivity index (χ2n) is 5.48. The molecule has 1 aromatic heterocycles. The highest BCUT2D eigenvalue weighted by Gasteiger charge is 2.25. The van der Waals surface area contributed by atoms with Gasteiger partial charge < -0.3 is 16.0 Å². The molecule has 1 aromatic rings. The highest BCUT2D eigenvalue weighted by molar-refractivity contribution is 7.10. The fraction of sp³-hybridized carbons (Fsp3) is 0.643. The molecule has 2 unspecified atom stereocenters. The predicted octanol–water partition coefficient (Wildman–Crippen LogP) is 1.59. The van der Waals surface area contributed by atoms with Gasteiger partial charge in [0.15, 0.2) is 0 Å². The van der Waals surface area contributed by atoms with Crippen molar-refractivity contribution < 1.29 is 4.79 Å². The highest BCUT2D eigenvalue weighted by Crippen LogP contribution is 2.19. The Balaban J connectivity index is 1.75. The first kappa shape index (κ1) is 14.5. The molecular formula is C14H23N3OS. The highest BCUT2D eigenvalue weighted by atomic mass is 32.1. The summed E-state index contributed by atoms with van der Waals surface area (Å²) >= 11 is 1.53. The third kappa shape index (κ3) is 3.78. The van der Waals surface area contributed by atoms with Crippen molar-refractivity contribution in [1.29, 1.82) is 0 Å². The Labute approximate surface area is 119 Å². The molecule has 4 nitrogen and oxygen atoms in total. The van der Waals surface area contributed by atoms with Crippen molar-refractivity contribution in [2.24, 2.45) is 11.7 Å². The van der Waals surface area contributed by atoms with Gasteiger partial charge in [-0.25, -0.2) is 0 Å². The number of hydrogen-bond acceptors (Lipinski definition) is 4. The molecule has 1 aliphatic heterocycles. The molecule has 3 N–H and O–H groups in total. The summed E-state index contributed by atoms with van der Waals surface area (Å²) in [5, 5.41) is 4.93. The van der Waals surface area contributed by atoms with E-state index in [0.29, 0.717) is 12.0 Å². The molecule has 1 aliphatic rings. The first-order valence-corrected chi connectivity index (χ1v) is 7.76. The molecule has 0 aromatic carbocycles. The van der Waals surface area contributed by atoms with E-state index < -0.39 is 6.04 Å². The largest absolute Gasteiger partial charge is 0.354 e. The van der Waals surface area contributed by atoms with Crippen molar-refractivity contribution in [3.63, 3.8) is 0 Å². The smallest absolute Gasteiger partial charge is 0.242 e. The third-order valence-corrected chi connectivity index (χ3v) is 4.70. The Hall–Kier alpha value is -0.910. The number of nitrogens with one attached hydrogen (secondary N) is 1. The maximum atomic E-state index is 12.0. The maximum Gasteiger partial charge on any atom is 0.242 e. The van der Waals surface area contributed by atoms with E-state index in [1.807, 2.05) is 17.5 Å². The van der Waals surface area contributed by atoms with Crippen molar-refractivity contribution in [3.8, 4) is 0 Å². The average Bonchev–Trinajstić information content (AvgIpc) is 3.05. The molecule has 106 valence electrons. The molecule has 0 bridgehead atoms. The number of carbonyl (C=O) groups is 1. The van der Waals surface area contributed by atoms with E-state index in [-0.39, 0.29) is 5.91 Å². The first-order valence-electron chi connectivity index (χ1n) is 6.88. The molecule has 2 rings (SSSR count). The molecule has 0 spiro atoms. The summed E-state index contributed by atoms with van der Waals surface area (Å²) < 4.78 is 0. The molecule has 1 fully saturated rings. The topological polar surface area (TPSA) is 58.4 Å². The summed E-state index contributed by atoms with van der Waals surface area (Å²) in [5.41, 5.74) is 5.93. The number of thiophene rings is 1. The van der Waals surface area contributed by atoms with E-state index in [4.69, 9.17) is 5.73 Å².